The lowest BCUT2D eigenvalue weighted by Gasteiger charge is -2.01. The Morgan fingerprint density at radius 1 is 1.67 bits per heavy atom. The Morgan fingerprint density at radius 2 is 2.00 bits per heavy atom. The number of ether oxygens (including phenoxy) is 1. The predicted octanol–water partition coefficient (Wildman–Crippen LogP) is -0.435. The number of nitrogens with two attached hydrogens (primary N) is 1. The Morgan fingerprint density at radius 3 is 2.08 bits per heavy atom. The molecule has 0 spiro atoms. The minimum Gasteiger partial charge on any atom is -0.360 e. The highest BCUT2D eigenvalue weighted by Crippen LogP contribution is 2.25. The topological polar surface area (TPSA) is 113 Å². The van der Waals surface area contributed by atoms with Gasteiger partial charge in [-0.05, 0) is 6.92 Å². The van der Waals surface area contributed by atoms with Gasteiger partial charge in [0.1, 0.15) is 6.23 Å². The van der Waals surface area contributed by atoms with E-state index < -0.39 is 7.82 Å². The zero-order chi connectivity index (χ0) is 10.2. The molecule has 0 aromatic heterocycles. The van der Waals surface area contributed by atoms with Crippen molar-refractivity contribution in [2.24, 2.45) is 5.73 Å². The van der Waals surface area contributed by atoms with Gasteiger partial charge in [0.05, 0.1) is 6.61 Å². The van der Waals surface area contributed by atoms with Crippen LogP contribution in [0.25, 0.3) is 0 Å². The van der Waals surface area contributed by atoms with Gasteiger partial charge >= 0.3 is 7.82 Å². The summed E-state index contributed by atoms with van der Waals surface area (Å²) in [5.74, 6) is 0. The summed E-state index contributed by atoms with van der Waals surface area (Å²) in [6.07, 6.45) is 1.50. The molecule has 7 heteroatoms. The van der Waals surface area contributed by atoms with Crippen molar-refractivity contribution in [2.75, 3.05) is 6.61 Å². The second-order valence-electron chi connectivity index (χ2n) is 1.84. The van der Waals surface area contributed by atoms with Crippen LogP contribution in [0.1, 0.15) is 6.92 Å². The average Bonchev–Trinajstić information content (AvgIpc) is 1.79. The van der Waals surface area contributed by atoms with Gasteiger partial charge in [0.2, 0.25) is 0 Å². The van der Waals surface area contributed by atoms with E-state index >= 15 is 0 Å². The van der Waals surface area contributed by atoms with E-state index in [0.29, 0.717) is 6.61 Å². The van der Waals surface area contributed by atoms with Crippen molar-refractivity contribution in [1.82, 2.24) is 0 Å². The van der Waals surface area contributed by atoms with Gasteiger partial charge in [-0.15, -0.1) is 6.58 Å². The van der Waals surface area contributed by atoms with E-state index in [1.807, 2.05) is 0 Å². The molecule has 6 nitrogen and oxygen atoms in total. The Bertz CT molecular complexity index is 146. The van der Waals surface area contributed by atoms with Gasteiger partial charge in [0, 0.05) is 0 Å². The lowest BCUT2D eigenvalue weighted by Crippen LogP contribution is -2.18. The zero-order valence-corrected chi connectivity index (χ0v) is 7.65. The Balaban J connectivity index is 0. The molecule has 1 atom stereocenters. The van der Waals surface area contributed by atoms with Crippen molar-refractivity contribution < 1.29 is 24.0 Å². The molecule has 12 heavy (non-hydrogen) atoms. The third-order valence-electron chi connectivity index (χ3n) is 0.477. The molecule has 1 unspecified atom stereocenters. The zero-order valence-electron chi connectivity index (χ0n) is 6.75. The summed E-state index contributed by atoms with van der Waals surface area (Å²) < 4.78 is 13.7. The number of hydrogen-bond donors (Lipinski definition) is 4. The molecular formula is C5H14NO5P. The molecule has 0 aromatic carbocycles. The van der Waals surface area contributed by atoms with Gasteiger partial charge in [0.15, 0.2) is 0 Å². The first-order valence-corrected chi connectivity index (χ1v) is 4.60. The fourth-order valence-electron chi connectivity index (χ4n) is 0.220. The molecule has 0 heterocycles. The van der Waals surface area contributed by atoms with Crippen LogP contribution < -0.4 is 5.73 Å². The third kappa shape index (κ3) is 52.9. The number of phosphoric acid groups is 1. The predicted molar refractivity (Wildman–Crippen MR) is 44.1 cm³/mol. The van der Waals surface area contributed by atoms with Crippen molar-refractivity contribution in [2.45, 2.75) is 13.2 Å². The maximum atomic E-state index is 8.88. The molecule has 0 aliphatic rings. The van der Waals surface area contributed by atoms with Crippen LogP contribution in [0.5, 0.6) is 0 Å². The van der Waals surface area contributed by atoms with E-state index in [2.05, 4.69) is 6.58 Å². The van der Waals surface area contributed by atoms with Crippen molar-refractivity contribution in [3.63, 3.8) is 0 Å². The van der Waals surface area contributed by atoms with Crippen molar-refractivity contribution in [3.05, 3.63) is 12.7 Å². The van der Waals surface area contributed by atoms with Crippen LogP contribution in [-0.4, -0.2) is 27.5 Å². The van der Waals surface area contributed by atoms with Crippen molar-refractivity contribution in [1.29, 1.82) is 0 Å². The first-order chi connectivity index (χ1) is 5.27. The molecule has 0 rings (SSSR count). The van der Waals surface area contributed by atoms with Crippen LogP contribution in [0, 0.1) is 0 Å². The van der Waals surface area contributed by atoms with Gasteiger partial charge in [-0.2, -0.15) is 0 Å². The van der Waals surface area contributed by atoms with E-state index in [-0.39, 0.29) is 6.23 Å². The van der Waals surface area contributed by atoms with Crippen molar-refractivity contribution in [3.8, 4) is 0 Å². The molecule has 5 N–H and O–H groups in total. The molecule has 74 valence electrons. The van der Waals surface area contributed by atoms with Gasteiger partial charge in [-0.3, -0.25) is 0 Å². The second-order valence-corrected chi connectivity index (χ2v) is 2.87. The lowest BCUT2D eigenvalue weighted by atomic mass is 10.6. The molecule has 0 saturated heterocycles. The molecule has 0 bridgehead atoms. The fourth-order valence-corrected chi connectivity index (χ4v) is 0.220. The van der Waals surface area contributed by atoms with E-state index in [9.17, 15) is 0 Å². The summed E-state index contributed by atoms with van der Waals surface area (Å²) >= 11 is 0. The first-order valence-electron chi connectivity index (χ1n) is 3.03. The third-order valence-corrected chi connectivity index (χ3v) is 0.477. The second kappa shape index (κ2) is 7.42. The van der Waals surface area contributed by atoms with E-state index in [1.54, 1.807) is 13.0 Å². The average molecular weight is 199 g/mol. The number of rotatable bonds is 3. The highest BCUT2D eigenvalue weighted by molar-refractivity contribution is 7.45. The molecular weight excluding hydrogens is 185 g/mol. The van der Waals surface area contributed by atoms with Crippen LogP contribution in [0.4, 0.5) is 0 Å². The summed E-state index contributed by atoms with van der Waals surface area (Å²) in [4.78, 5) is 21.6. The SMILES string of the molecule is C=CCOC(C)N.O=P(O)(O)O. The number of hydrogen-bond acceptors (Lipinski definition) is 3. The van der Waals surface area contributed by atoms with Crippen LogP contribution in [-0.2, 0) is 9.30 Å². The largest absolute Gasteiger partial charge is 0.466 e. The lowest BCUT2D eigenvalue weighted by molar-refractivity contribution is 0.0937. The smallest absolute Gasteiger partial charge is 0.360 e. The van der Waals surface area contributed by atoms with E-state index in [1.165, 1.54) is 0 Å². The molecule has 0 aromatic rings. The quantitative estimate of drug-likeness (QED) is 0.278. The monoisotopic (exact) mass is 199 g/mol. The van der Waals surface area contributed by atoms with Gasteiger partial charge in [0.25, 0.3) is 0 Å². The Hall–Kier alpha value is -0.230. The summed E-state index contributed by atoms with van der Waals surface area (Å²) in [5.41, 5.74) is 5.21. The molecule has 0 aliphatic heterocycles. The van der Waals surface area contributed by atoms with Crippen LogP contribution >= 0.6 is 7.82 Å². The molecule has 0 radical (unpaired) electrons. The fraction of sp³-hybridized carbons (Fsp3) is 0.600. The molecule has 0 amide bonds. The van der Waals surface area contributed by atoms with Gasteiger partial charge in [-0.1, -0.05) is 6.08 Å². The molecule has 0 aliphatic carbocycles. The van der Waals surface area contributed by atoms with E-state index in [4.69, 9.17) is 29.7 Å². The van der Waals surface area contributed by atoms with E-state index in [0.717, 1.165) is 0 Å². The highest BCUT2D eigenvalue weighted by Gasteiger charge is 2.00. The van der Waals surface area contributed by atoms with Crippen LogP contribution in [0.3, 0.4) is 0 Å². The minimum absolute atomic E-state index is 0.169. The van der Waals surface area contributed by atoms with Gasteiger partial charge < -0.3 is 25.2 Å². The van der Waals surface area contributed by atoms with Crippen molar-refractivity contribution >= 4 is 7.82 Å². The summed E-state index contributed by atoms with van der Waals surface area (Å²) in [6.45, 7) is 5.77. The highest BCUT2D eigenvalue weighted by atomic mass is 31.2. The maximum Gasteiger partial charge on any atom is 0.466 e. The van der Waals surface area contributed by atoms with Gasteiger partial charge in [-0.25, -0.2) is 4.57 Å². The summed E-state index contributed by atoms with van der Waals surface area (Å²) in [5, 5.41) is 0. The van der Waals surface area contributed by atoms with Crippen LogP contribution in [0.15, 0.2) is 12.7 Å². The Kier molecular flexibility index (Phi) is 8.84. The standard InChI is InChI=1S/C5H11NO.H3O4P/c1-3-4-7-5(2)6;1-5(2,3)4/h3,5H,1,4,6H2,2H3;(H3,1,2,3,4). The Labute approximate surface area is 70.9 Å². The maximum absolute atomic E-state index is 8.88. The summed E-state index contributed by atoms with van der Waals surface area (Å²) in [7, 11) is -4.64. The minimum atomic E-state index is -4.64. The molecule has 0 fully saturated rings. The first kappa shape index (κ1) is 14.3. The van der Waals surface area contributed by atoms with Crippen LogP contribution in [0.2, 0.25) is 0 Å². The molecule has 0 saturated carbocycles. The normalized spacial score (nSPS) is 12.8. The summed E-state index contributed by atoms with van der Waals surface area (Å²) in [6, 6.07) is 0.